The van der Waals surface area contributed by atoms with Crippen LogP contribution in [0.25, 0.3) is 0 Å². The zero-order valence-electron chi connectivity index (χ0n) is 14.0. The third-order valence-electron chi connectivity index (χ3n) is 3.66. The Bertz CT molecular complexity index is 873. The number of aryl methyl sites for hydroxylation is 1. The van der Waals surface area contributed by atoms with E-state index < -0.39 is 14.9 Å². The molecular weight excluding hydrogens is 348 g/mol. The summed E-state index contributed by atoms with van der Waals surface area (Å²) in [6.45, 7) is 1.46. The molecule has 0 aromatic heterocycles. The molecule has 9 heteroatoms. The number of nitro groups is 1. The van der Waals surface area contributed by atoms with Crippen LogP contribution < -0.4 is 14.2 Å². The molecule has 0 atom stereocenters. The molecule has 2 aromatic rings. The SMILES string of the molecule is COc1cccc(OC)c1CNS(=O)(=O)c1ccc(C)c([N+](=O)[O-])c1. The first-order valence-corrected chi connectivity index (χ1v) is 8.73. The third kappa shape index (κ3) is 4.06. The molecule has 2 rings (SSSR count). The van der Waals surface area contributed by atoms with Gasteiger partial charge in [-0.05, 0) is 25.1 Å². The molecule has 0 spiro atoms. The Morgan fingerprint density at radius 1 is 1.12 bits per heavy atom. The van der Waals surface area contributed by atoms with Crippen LogP contribution in [0.15, 0.2) is 41.3 Å². The summed E-state index contributed by atoms with van der Waals surface area (Å²) >= 11 is 0. The second-order valence-electron chi connectivity index (χ2n) is 5.17. The Balaban J connectivity index is 2.32. The highest BCUT2D eigenvalue weighted by Gasteiger charge is 2.21. The molecule has 0 saturated carbocycles. The topological polar surface area (TPSA) is 108 Å². The molecule has 0 amide bonds. The zero-order valence-corrected chi connectivity index (χ0v) is 14.8. The molecule has 0 aliphatic rings. The van der Waals surface area contributed by atoms with E-state index in [1.807, 2.05) is 0 Å². The predicted molar refractivity (Wildman–Crippen MR) is 91.4 cm³/mol. The minimum absolute atomic E-state index is 0.0861. The highest BCUT2D eigenvalue weighted by molar-refractivity contribution is 7.89. The first-order chi connectivity index (χ1) is 11.8. The molecule has 8 nitrogen and oxygen atoms in total. The van der Waals surface area contributed by atoms with Gasteiger partial charge < -0.3 is 9.47 Å². The van der Waals surface area contributed by atoms with E-state index in [9.17, 15) is 18.5 Å². The maximum Gasteiger partial charge on any atom is 0.273 e. The molecule has 0 heterocycles. The van der Waals surface area contributed by atoms with Crippen LogP contribution in [0.2, 0.25) is 0 Å². The molecule has 134 valence electrons. The van der Waals surface area contributed by atoms with E-state index in [4.69, 9.17) is 9.47 Å². The van der Waals surface area contributed by atoms with Gasteiger partial charge in [0.1, 0.15) is 11.5 Å². The number of nitro benzene ring substituents is 1. The maximum atomic E-state index is 12.5. The molecule has 0 radical (unpaired) electrons. The van der Waals surface area contributed by atoms with E-state index in [1.165, 1.54) is 26.4 Å². The average molecular weight is 366 g/mol. The van der Waals surface area contributed by atoms with E-state index in [0.29, 0.717) is 22.6 Å². The van der Waals surface area contributed by atoms with E-state index in [2.05, 4.69) is 4.72 Å². The highest BCUT2D eigenvalue weighted by Crippen LogP contribution is 2.29. The number of ether oxygens (including phenoxy) is 2. The van der Waals surface area contributed by atoms with Crippen LogP contribution in [0.3, 0.4) is 0 Å². The lowest BCUT2D eigenvalue weighted by atomic mass is 10.2. The fraction of sp³-hybridized carbons (Fsp3) is 0.250. The maximum absolute atomic E-state index is 12.5. The van der Waals surface area contributed by atoms with Gasteiger partial charge in [-0.1, -0.05) is 12.1 Å². The molecule has 0 aliphatic heterocycles. The summed E-state index contributed by atoms with van der Waals surface area (Å²) in [6, 6.07) is 8.85. The summed E-state index contributed by atoms with van der Waals surface area (Å²) in [5, 5.41) is 11.0. The van der Waals surface area contributed by atoms with Crippen LogP contribution in [0.4, 0.5) is 5.69 Å². The predicted octanol–water partition coefficient (Wildman–Crippen LogP) is 2.40. The summed E-state index contributed by atoms with van der Waals surface area (Å²) in [5.74, 6) is 0.939. The molecule has 1 N–H and O–H groups in total. The average Bonchev–Trinajstić information content (AvgIpc) is 2.59. The molecule has 2 aromatic carbocycles. The molecule has 0 bridgehead atoms. The molecule has 0 aliphatic carbocycles. The zero-order chi connectivity index (χ0) is 18.6. The van der Waals surface area contributed by atoms with E-state index in [-0.39, 0.29) is 17.1 Å². The van der Waals surface area contributed by atoms with Gasteiger partial charge in [-0.3, -0.25) is 10.1 Å². The monoisotopic (exact) mass is 366 g/mol. The number of sulfonamides is 1. The summed E-state index contributed by atoms with van der Waals surface area (Å²) in [4.78, 5) is 10.2. The van der Waals surface area contributed by atoms with Crippen molar-refractivity contribution in [2.24, 2.45) is 0 Å². The second kappa shape index (κ2) is 7.49. The van der Waals surface area contributed by atoms with Crippen LogP contribution in [-0.4, -0.2) is 27.6 Å². The van der Waals surface area contributed by atoms with Crippen molar-refractivity contribution in [1.29, 1.82) is 0 Å². The Labute approximate surface area is 145 Å². The van der Waals surface area contributed by atoms with Gasteiger partial charge in [0.15, 0.2) is 0 Å². The quantitative estimate of drug-likeness (QED) is 0.595. The fourth-order valence-corrected chi connectivity index (χ4v) is 3.32. The van der Waals surface area contributed by atoms with Crippen molar-refractivity contribution in [3.63, 3.8) is 0 Å². The van der Waals surface area contributed by atoms with Crippen molar-refractivity contribution >= 4 is 15.7 Å². The second-order valence-corrected chi connectivity index (χ2v) is 6.94. The number of hydrogen-bond acceptors (Lipinski definition) is 6. The minimum Gasteiger partial charge on any atom is -0.496 e. The first-order valence-electron chi connectivity index (χ1n) is 7.24. The Morgan fingerprint density at radius 2 is 1.72 bits per heavy atom. The van der Waals surface area contributed by atoms with Gasteiger partial charge in [-0.25, -0.2) is 13.1 Å². The number of nitrogens with one attached hydrogen (secondary N) is 1. The number of hydrogen-bond donors (Lipinski definition) is 1. The minimum atomic E-state index is -3.95. The van der Waals surface area contributed by atoms with Gasteiger partial charge in [0.25, 0.3) is 5.69 Å². The normalized spacial score (nSPS) is 11.2. The summed E-state index contributed by atoms with van der Waals surface area (Å²) in [5.41, 5.74) is 0.658. The molecule has 0 unspecified atom stereocenters. The Morgan fingerprint density at radius 3 is 2.24 bits per heavy atom. The lowest BCUT2D eigenvalue weighted by Crippen LogP contribution is -2.24. The summed E-state index contributed by atoms with van der Waals surface area (Å²) in [6.07, 6.45) is 0. The van der Waals surface area contributed by atoms with Crippen LogP contribution in [0, 0.1) is 17.0 Å². The van der Waals surface area contributed by atoms with E-state index in [1.54, 1.807) is 25.1 Å². The van der Waals surface area contributed by atoms with Crippen molar-refractivity contribution in [3.8, 4) is 11.5 Å². The van der Waals surface area contributed by atoms with Crippen molar-refractivity contribution < 1.29 is 22.8 Å². The summed E-state index contributed by atoms with van der Waals surface area (Å²) in [7, 11) is -1.01. The van der Waals surface area contributed by atoms with Crippen LogP contribution >= 0.6 is 0 Å². The van der Waals surface area contributed by atoms with Gasteiger partial charge in [0.2, 0.25) is 10.0 Å². The highest BCUT2D eigenvalue weighted by atomic mass is 32.2. The Kier molecular flexibility index (Phi) is 5.60. The van der Waals surface area contributed by atoms with E-state index >= 15 is 0 Å². The van der Waals surface area contributed by atoms with Crippen molar-refractivity contribution in [1.82, 2.24) is 4.72 Å². The van der Waals surface area contributed by atoms with Crippen LogP contribution in [0.1, 0.15) is 11.1 Å². The van der Waals surface area contributed by atoms with Gasteiger partial charge >= 0.3 is 0 Å². The smallest absolute Gasteiger partial charge is 0.273 e. The largest absolute Gasteiger partial charge is 0.496 e. The van der Waals surface area contributed by atoms with Gasteiger partial charge in [0, 0.05) is 18.2 Å². The Hall–Kier alpha value is -2.65. The standard InChI is InChI=1S/C16H18N2O6S/c1-11-7-8-12(9-14(11)18(19)20)25(21,22)17-10-13-15(23-2)5-4-6-16(13)24-3/h4-9,17H,10H2,1-3H3. The van der Waals surface area contributed by atoms with Crippen LogP contribution in [-0.2, 0) is 16.6 Å². The molecule has 25 heavy (non-hydrogen) atoms. The van der Waals surface area contributed by atoms with Crippen molar-refractivity contribution in [3.05, 3.63) is 57.6 Å². The fourth-order valence-electron chi connectivity index (χ4n) is 2.31. The van der Waals surface area contributed by atoms with Crippen LogP contribution in [0.5, 0.6) is 11.5 Å². The summed E-state index contributed by atoms with van der Waals surface area (Å²) < 4.78 is 37.8. The third-order valence-corrected chi connectivity index (χ3v) is 5.06. The number of nitrogens with zero attached hydrogens (tertiary/aromatic N) is 1. The molecule has 0 saturated heterocycles. The lowest BCUT2D eigenvalue weighted by Gasteiger charge is -2.14. The van der Waals surface area contributed by atoms with Gasteiger partial charge in [-0.15, -0.1) is 0 Å². The number of benzene rings is 2. The van der Waals surface area contributed by atoms with E-state index in [0.717, 1.165) is 6.07 Å². The van der Waals surface area contributed by atoms with Gasteiger partial charge in [0.05, 0.1) is 29.6 Å². The first kappa shape index (κ1) is 18.7. The lowest BCUT2D eigenvalue weighted by molar-refractivity contribution is -0.385. The number of methoxy groups -OCH3 is 2. The number of rotatable bonds is 7. The van der Waals surface area contributed by atoms with Crippen molar-refractivity contribution in [2.75, 3.05) is 14.2 Å². The van der Waals surface area contributed by atoms with Gasteiger partial charge in [-0.2, -0.15) is 0 Å². The molecule has 0 fully saturated rings. The molecular formula is C16H18N2O6S. The van der Waals surface area contributed by atoms with Crippen molar-refractivity contribution in [2.45, 2.75) is 18.4 Å².